The van der Waals surface area contributed by atoms with Crippen LogP contribution in [0.2, 0.25) is 50.4 Å². The van der Waals surface area contributed by atoms with Crippen molar-refractivity contribution in [1.82, 2.24) is 9.80 Å². The number of amides is 4. The van der Waals surface area contributed by atoms with Crippen molar-refractivity contribution in [1.29, 1.82) is 0 Å². The zero-order valence-corrected chi connectivity index (χ0v) is 39.2. The minimum absolute atomic E-state index is 0.0493. The first-order valence-corrected chi connectivity index (χ1v) is 30.2. The molecule has 0 saturated carbocycles. The molecule has 1 fully saturated rings. The lowest BCUT2D eigenvalue weighted by Crippen LogP contribution is -2.67. The van der Waals surface area contributed by atoms with Crippen molar-refractivity contribution in [2.45, 2.75) is 128 Å². The van der Waals surface area contributed by atoms with E-state index in [2.05, 4.69) is 116 Å². The SMILES string of the molecule is CC(C)(C)c1ccc(CC[Si]2(C)O[Si](C)(CCCN3C(=O)C=CC3=O)O[Si](C)(CCc3ccc(C(C)(C)C)cc3)O[Si](C)(CCCN3C(=O)C=CC3=O)O2)cc1. The van der Waals surface area contributed by atoms with Gasteiger partial charge in [-0.1, -0.05) is 90.1 Å². The fourth-order valence-corrected chi connectivity index (χ4v) is 31.0. The summed E-state index contributed by atoms with van der Waals surface area (Å²) in [7, 11) is -12.2. The van der Waals surface area contributed by atoms with Gasteiger partial charge in [0, 0.05) is 37.4 Å². The summed E-state index contributed by atoms with van der Waals surface area (Å²) in [5.74, 6) is -1.18. The van der Waals surface area contributed by atoms with Gasteiger partial charge in [-0.15, -0.1) is 0 Å². The number of aryl methyl sites for hydroxylation is 2. The Morgan fingerprint density at radius 3 is 0.982 bits per heavy atom. The maximum absolute atomic E-state index is 12.4. The molecule has 56 heavy (non-hydrogen) atoms. The molecule has 3 aliphatic rings. The topological polar surface area (TPSA) is 112 Å². The number of imide groups is 2. The summed E-state index contributed by atoms with van der Waals surface area (Å²) in [6.45, 7) is 22.3. The van der Waals surface area contributed by atoms with Gasteiger partial charge in [0.05, 0.1) is 0 Å². The summed E-state index contributed by atoms with van der Waals surface area (Å²) >= 11 is 0. The molecule has 1 saturated heterocycles. The van der Waals surface area contributed by atoms with Gasteiger partial charge >= 0.3 is 34.2 Å². The minimum atomic E-state index is -3.06. The van der Waals surface area contributed by atoms with Crippen LogP contribution in [-0.2, 0) is 59.3 Å². The molecule has 0 radical (unpaired) electrons. The van der Waals surface area contributed by atoms with Gasteiger partial charge in [-0.2, -0.15) is 0 Å². The second-order valence-corrected chi connectivity index (χ2v) is 32.7. The van der Waals surface area contributed by atoms with E-state index in [0.717, 1.165) is 12.8 Å². The molecule has 4 amide bonds. The molecule has 0 N–H and O–H groups in total. The first kappa shape index (κ1) is 44.0. The van der Waals surface area contributed by atoms with E-state index < -0.39 is 34.2 Å². The third kappa shape index (κ3) is 11.5. The summed E-state index contributed by atoms with van der Waals surface area (Å²) < 4.78 is 29.5. The fourth-order valence-electron chi connectivity index (χ4n) is 7.82. The van der Waals surface area contributed by atoms with E-state index in [-0.39, 0.29) is 47.5 Å². The van der Waals surface area contributed by atoms with Gasteiger partial charge in [-0.25, -0.2) is 0 Å². The molecule has 0 aliphatic carbocycles. The molecular weight excluding hydrogens is 773 g/mol. The summed E-state index contributed by atoms with van der Waals surface area (Å²) in [6, 6.07) is 20.0. The Morgan fingerprint density at radius 2 is 0.714 bits per heavy atom. The van der Waals surface area contributed by atoms with Crippen LogP contribution in [0, 0.1) is 0 Å². The molecule has 14 heteroatoms. The van der Waals surface area contributed by atoms with Crippen LogP contribution in [0.5, 0.6) is 0 Å². The number of carbonyl (C=O) groups excluding carboxylic acids is 4. The highest BCUT2D eigenvalue weighted by atomic mass is 28.5. The second-order valence-electron chi connectivity index (χ2n) is 18.4. The lowest BCUT2D eigenvalue weighted by Gasteiger charge is -2.50. The van der Waals surface area contributed by atoms with Gasteiger partial charge in [0.15, 0.2) is 0 Å². The monoisotopic (exact) mass is 834 g/mol. The first-order valence-electron chi connectivity index (χ1n) is 20.1. The summed E-state index contributed by atoms with van der Waals surface area (Å²) in [5, 5.41) is 0. The third-order valence-corrected chi connectivity index (χ3v) is 29.6. The van der Waals surface area contributed by atoms with E-state index in [1.807, 2.05) is 0 Å². The van der Waals surface area contributed by atoms with Crippen LogP contribution in [0.25, 0.3) is 0 Å². The van der Waals surface area contributed by atoms with Gasteiger partial charge < -0.3 is 16.5 Å². The van der Waals surface area contributed by atoms with Gasteiger partial charge in [0.25, 0.3) is 23.6 Å². The molecule has 0 bridgehead atoms. The van der Waals surface area contributed by atoms with Crippen LogP contribution < -0.4 is 0 Å². The molecule has 3 heterocycles. The molecule has 0 unspecified atom stereocenters. The standard InChI is InChI=1S/C42H62N2O8Si4/c1-41(2,3)35-17-13-33(14-18-35)25-31-55(9)49-53(7,29-11-27-43-37(45)21-22-38(43)46)51-56(10,32-26-34-15-19-36(20-16-34)42(4,5)6)52-54(8,50-55)30-12-28-44-39(47)23-24-40(44)48/h13-24H,11-12,25-32H2,1-10H3. The van der Waals surface area contributed by atoms with Crippen molar-refractivity contribution in [3.8, 4) is 0 Å². The predicted octanol–water partition coefficient (Wildman–Crippen LogP) is 8.07. The van der Waals surface area contributed by atoms with Gasteiger partial charge in [-0.3, -0.25) is 29.0 Å². The fraction of sp³-hybridized carbons (Fsp3) is 0.524. The minimum Gasteiger partial charge on any atom is -0.416 e. The Hall–Kier alpha value is -3.09. The van der Waals surface area contributed by atoms with Gasteiger partial charge in [0.2, 0.25) is 0 Å². The summed E-state index contributed by atoms with van der Waals surface area (Å²) in [5.41, 5.74) is 5.04. The zero-order valence-electron chi connectivity index (χ0n) is 35.2. The predicted molar refractivity (Wildman–Crippen MR) is 229 cm³/mol. The number of hydrogen-bond donors (Lipinski definition) is 0. The van der Waals surface area contributed by atoms with Gasteiger partial charge in [-0.05, 0) is 109 Å². The second kappa shape index (κ2) is 17.0. The van der Waals surface area contributed by atoms with Crippen molar-refractivity contribution in [3.63, 3.8) is 0 Å². The largest absolute Gasteiger partial charge is 0.416 e. The highest BCUT2D eigenvalue weighted by molar-refractivity contribution is 6.93. The van der Waals surface area contributed by atoms with Gasteiger partial charge in [0.1, 0.15) is 0 Å². The number of rotatable bonds is 14. The highest BCUT2D eigenvalue weighted by Crippen LogP contribution is 2.39. The van der Waals surface area contributed by atoms with Crippen molar-refractivity contribution < 1.29 is 35.6 Å². The van der Waals surface area contributed by atoms with E-state index in [1.165, 1.54) is 56.4 Å². The summed E-state index contributed by atoms with van der Waals surface area (Å²) in [6.07, 6.45) is 7.87. The van der Waals surface area contributed by atoms with Crippen LogP contribution in [0.4, 0.5) is 0 Å². The van der Waals surface area contributed by atoms with Crippen molar-refractivity contribution in [3.05, 3.63) is 95.1 Å². The van der Waals surface area contributed by atoms with Crippen molar-refractivity contribution in [2.24, 2.45) is 0 Å². The molecule has 5 rings (SSSR count). The number of carbonyl (C=O) groups is 4. The first-order chi connectivity index (χ1) is 26.0. The normalized spacial score (nSPS) is 27.4. The maximum Gasteiger partial charge on any atom is 0.317 e. The lowest BCUT2D eigenvalue weighted by atomic mass is 9.86. The van der Waals surface area contributed by atoms with Crippen LogP contribution in [0.3, 0.4) is 0 Å². The Balaban J connectivity index is 1.43. The molecule has 2 aromatic carbocycles. The Bertz CT molecular complexity index is 1650. The number of nitrogens with zero attached hydrogens (tertiary/aromatic N) is 2. The van der Waals surface area contributed by atoms with Crippen LogP contribution in [0.15, 0.2) is 72.8 Å². The average molecular weight is 835 g/mol. The maximum atomic E-state index is 12.4. The van der Waals surface area contributed by atoms with Crippen LogP contribution >= 0.6 is 0 Å². The Morgan fingerprint density at radius 1 is 0.446 bits per heavy atom. The molecule has 0 spiro atoms. The average Bonchev–Trinajstić information content (AvgIpc) is 3.59. The smallest absolute Gasteiger partial charge is 0.317 e. The number of hydrogen-bond acceptors (Lipinski definition) is 8. The van der Waals surface area contributed by atoms with E-state index in [0.29, 0.717) is 37.0 Å². The van der Waals surface area contributed by atoms with E-state index in [4.69, 9.17) is 16.5 Å². The Labute approximate surface area is 338 Å². The molecule has 0 aromatic heterocycles. The summed E-state index contributed by atoms with van der Waals surface area (Å²) in [4.78, 5) is 52.3. The van der Waals surface area contributed by atoms with E-state index in [9.17, 15) is 19.2 Å². The number of benzene rings is 2. The van der Waals surface area contributed by atoms with E-state index in [1.54, 1.807) is 0 Å². The molecule has 3 aliphatic heterocycles. The zero-order chi connectivity index (χ0) is 41.2. The molecule has 304 valence electrons. The molecule has 10 nitrogen and oxygen atoms in total. The van der Waals surface area contributed by atoms with E-state index >= 15 is 0 Å². The lowest BCUT2D eigenvalue weighted by molar-refractivity contribution is -0.138. The molecular formula is C42H62N2O8Si4. The highest BCUT2D eigenvalue weighted by Gasteiger charge is 2.56. The van der Waals surface area contributed by atoms with Crippen molar-refractivity contribution in [2.75, 3.05) is 13.1 Å². The molecule has 0 atom stereocenters. The molecule has 2 aromatic rings. The Kier molecular flexibility index (Phi) is 13.4. The van der Waals surface area contributed by atoms with Crippen LogP contribution in [-0.4, -0.2) is 80.8 Å². The third-order valence-electron chi connectivity index (χ3n) is 10.9. The quantitative estimate of drug-likeness (QED) is 0.139. The van der Waals surface area contributed by atoms with Crippen molar-refractivity contribution >= 4 is 57.9 Å². The van der Waals surface area contributed by atoms with Crippen LogP contribution in [0.1, 0.15) is 76.6 Å².